The predicted molar refractivity (Wildman–Crippen MR) is 60.9 cm³/mol. The first kappa shape index (κ1) is 10.6. The topological polar surface area (TPSA) is 22.1 Å². The average molecular weight is 217 g/mol. The van der Waals surface area contributed by atoms with Crippen LogP contribution in [0.3, 0.4) is 0 Å². The summed E-state index contributed by atoms with van der Waals surface area (Å²) in [5.41, 5.74) is 2.51. The molecule has 0 unspecified atom stereocenters. The number of hydrogen-bond donors (Lipinski definition) is 0. The third kappa shape index (κ3) is 2.03. The minimum Gasteiger partial charge on any atom is -0.496 e. The zero-order valence-electron chi connectivity index (χ0n) is 9.20. The molecule has 2 aromatic rings. The molecule has 3 heteroatoms. The molecule has 1 aromatic carbocycles. The van der Waals surface area contributed by atoms with Crippen LogP contribution in [0, 0.1) is 12.7 Å². The molecule has 0 spiro atoms. The summed E-state index contributed by atoms with van der Waals surface area (Å²) in [5, 5.41) is 0. The fourth-order valence-electron chi connectivity index (χ4n) is 1.57. The first-order valence-corrected chi connectivity index (χ1v) is 4.98. The summed E-state index contributed by atoms with van der Waals surface area (Å²) < 4.78 is 18.2. The molecule has 2 rings (SSSR count). The molecule has 0 atom stereocenters. The van der Waals surface area contributed by atoms with Crippen molar-refractivity contribution in [1.82, 2.24) is 4.98 Å². The van der Waals surface area contributed by atoms with Crippen molar-refractivity contribution in [3.8, 4) is 17.0 Å². The van der Waals surface area contributed by atoms with Crippen molar-refractivity contribution in [3.05, 3.63) is 47.9 Å². The second-order valence-electron chi connectivity index (χ2n) is 3.51. The van der Waals surface area contributed by atoms with Gasteiger partial charge in [-0.3, -0.25) is 4.98 Å². The van der Waals surface area contributed by atoms with E-state index in [0.29, 0.717) is 5.75 Å². The number of benzene rings is 1. The van der Waals surface area contributed by atoms with E-state index in [1.54, 1.807) is 6.07 Å². The molecule has 0 N–H and O–H groups in total. The molecule has 1 heterocycles. The lowest BCUT2D eigenvalue weighted by atomic mass is 10.1. The van der Waals surface area contributed by atoms with Crippen LogP contribution in [0.25, 0.3) is 11.3 Å². The van der Waals surface area contributed by atoms with Crippen molar-refractivity contribution < 1.29 is 9.13 Å². The van der Waals surface area contributed by atoms with E-state index in [-0.39, 0.29) is 5.82 Å². The maximum atomic E-state index is 13.0. The average Bonchev–Trinajstić information content (AvgIpc) is 2.28. The van der Waals surface area contributed by atoms with Gasteiger partial charge in [-0.05, 0) is 31.2 Å². The third-order valence-electron chi connectivity index (χ3n) is 2.33. The predicted octanol–water partition coefficient (Wildman–Crippen LogP) is 3.20. The summed E-state index contributed by atoms with van der Waals surface area (Å²) in [6.07, 6.45) is 0. The number of hydrogen-bond acceptors (Lipinski definition) is 2. The van der Waals surface area contributed by atoms with Gasteiger partial charge in [0.05, 0.1) is 12.8 Å². The summed E-state index contributed by atoms with van der Waals surface area (Å²) in [5.74, 6) is 0.186. The van der Waals surface area contributed by atoms with Crippen molar-refractivity contribution in [2.24, 2.45) is 0 Å². The van der Waals surface area contributed by atoms with Crippen molar-refractivity contribution in [2.45, 2.75) is 6.92 Å². The summed E-state index contributed by atoms with van der Waals surface area (Å²) in [7, 11) is 1.52. The Morgan fingerprint density at radius 2 is 2.00 bits per heavy atom. The standard InChI is InChI=1S/C13H12FNO/c1-9-4-3-5-12(15-9)11-7-6-10(14)8-13(11)16-2/h3-8H,1-2H3. The zero-order valence-corrected chi connectivity index (χ0v) is 9.20. The molecule has 16 heavy (non-hydrogen) atoms. The molecule has 0 saturated carbocycles. The van der Waals surface area contributed by atoms with Gasteiger partial charge in [0.1, 0.15) is 11.6 Å². The molecule has 0 aliphatic rings. The first-order valence-electron chi connectivity index (χ1n) is 4.98. The molecule has 0 radical (unpaired) electrons. The lowest BCUT2D eigenvalue weighted by Crippen LogP contribution is -1.92. The maximum absolute atomic E-state index is 13.0. The Bertz CT molecular complexity index is 511. The fraction of sp³-hybridized carbons (Fsp3) is 0.154. The Kier molecular flexibility index (Phi) is 2.86. The highest BCUT2D eigenvalue weighted by Crippen LogP contribution is 2.29. The van der Waals surface area contributed by atoms with Crippen LogP contribution >= 0.6 is 0 Å². The Morgan fingerprint density at radius 3 is 2.69 bits per heavy atom. The fourth-order valence-corrected chi connectivity index (χ4v) is 1.57. The minimum absolute atomic E-state index is 0.312. The molecule has 0 aliphatic carbocycles. The van der Waals surface area contributed by atoms with Crippen molar-refractivity contribution in [3.63, 3.8) is 0 Å². The number of pyridine rings is 1. The number of ether oxygens (including phenoxy) is 1. The Labute approximate surface area is 93.7 Å². The van der Waals surface area contributed by atoms with Crippen molar-refractivity contribution in [1.29, 1.82) is 0 Å². The number of aromatic nitrogens is 1. The number of methoxy groups -OCH3 is 1. The Hall–Kier alpha value is -1.90. The second kappa shape index (κ2) is 4.31. The minimum atomic E-state index is -0.312. The molecular formula is C13H12FNO. The van der Waals surface area contributed by atoms with Crippen LogP contribution in [0.5, 0.6) is 5.75 Å². The largest absolute Gasteiger partial charge is 0.496 e. The molecular weight excluding hydrogens is 205 g/mol. The smallest absolute Gasteiger partial charge is 0.131 e. The molecule has 0 bridgehead atoms. The van der Waals surface area contributed by atoms with E-state index in [1.165, 1.54) is 19.2 Å². The summed E-state index contributed by atoms with van der Waals surface area (Å²) in [6.45, 7) is 1.92. The lowest BCUT2D eigenvalue weighted by Gasteiger charge is -2.08. The monoisotopic (exact) mass is 217 g/mol. The van der Waals surface area contributed by atoms with Crippen LogP contribution in [-0.2, 0) is 0 Å². The highest BCUT2D eigenvalue weighted by Gasteiger charge is 2.07. The number of aryl methyl sites for hydroxylation is 1. The van der Waals surface area contributed by atoms with E-state index in [9.17, 15) is 4.39 Å². The highest BCUT2D eigenvalue weighted by molar-refractivity contribution is 5.67. The van der Waals surface area contributed by atoms with E-state index in [4.69, 9.17) is 4.74 Å². The van der Waals surface area contributed by atoms with Crippen molar-refractivity contribution >= 4 is 0 Å². The zero-order chi connectivity index (χ0) is 11.5. The molecule has 82 valence electrons. The molecule has 0 fully saturated rings. The summed E-state index contributed by atoms with van der Waals surface area (Å²) in [6, 6.07) is 10.2. The quantitative estimate of drug-likeness (QED) is 0.770. The molecule has 1 aromatic heterocycles. The van der Waals surface area contributed by atoms with Crippen LogP contribution in [0.4, 0.5) is 4.39 Å². The molecule has 0 saturated heterocycles. The van der Waals surface area contributed by atoms with Crippen LogP contribution in [0.1, 0.15) is 5.69 Å². The van der Waals surface area contributed by atoms with Gasteiger partial charge in [0.25, 0.3) is 0 Å². The van der Waals surface area contributed by atoms with E-state index in [0.717, 1.165) is 17.0 Å². The number of halogens is 1. The molecule has 0 aliphatic heterocycles. The van der Waals surface area contributed by atoms with Gasteiger partial charge in [-0.2, -0.15) is 0 Å². The van der Waals surface area contributed by atoms with Crippen LogP contribution in [-0.4, -0.2) is 12.1 Å². The Balaban J connectivity index is 2.55. The van der Waals surface area contributed by atoms with Crippen LogP contribution in [0.2, 0.25) is 0 Å². The lowest BCUT2D eigenvalue weighted by molar-refractivity contribution is 0.413. The van der Waals surface area contributed by atoms with Crippen molar-refractivity contribution in [2.75, 3.05) is 7.11 Å². The molecule has 2 nitrogen and oxygen atoms in total. The van der Waals surface area contributed by atoms with Crippen LogP contribution in [0.15, 0.2) is 36.4 Å². The van der Waals surface area contributed by atoms with E-state index in [1.807, 2.05) is 25.1 Å². The van der Waals surface area contributed by atoms with Gasteiger partial charge in [-0.25, -0.2) is 4.39 Å². The van der Waals surface area contributed by atoms with Gasteiger partial charge < -0.3 is 4.74 Å². The highest BCUT2D eigenvalue weighted by atomic mass is 19.1. The second-order valence-corrected chi connectivity index (χ2v) is 3.51. The van der Waals surface area contributed by atoms with E-state index < -0.39 is 0 Å². The summed E-state index contributed by atoms with van der Waals surface area (Å²) >= 11 is 0. The van der Waals surface area contributed by atoms with E-state index in [2.05, 4.69) is 4.98 Å². The van der Waals surface area contributed by atoms with Gasteiger partial charge in [-0.1, -0.05) is 6.07 Å². The SMILES string of the molecule is COc1cc(F)ccc1-c1cccc(C)n1. The van der Waals surface area contributed by atoms with Gasteiger partial charge in [0.15, 0.2) is 0 Å². The van der Waals surface area contributed by atoms with Gasteiger partial charge in [0, 0.05) is 17.3 Å². The third-order valence-corrected chi connectivity index (χ3v) is 2.33. The van der Waals surface area contributed by atoms with Gasteiger partial charge >= 0.3 is 0 Å². The first-order chi connectivity index (χ1) is 7.70. The Morgan fingerprint density at radius 1 is 1.19 bits per heavy atom. The van der Waals surface area contributed by atoms with E-state index >= 15 is 0 Å². The summed E-state index contributed by atoms with van der Waals surface area (Å²) in [4.78, 5) is 4.38. The van der Waals surface area contributed by atoms with Crippen LogP contribution < -0.4 is 4.74 Å². The number of rotatable bonds is 2. The maximum Gasteiger partial charge on any atom is 0.131 e. The molecule has 0 amide bonds. The van der Waals surface area contributed by atoms with Gasteiger partial charge in [0.2, 0.25) is 0 Å². The number of nitrogens with zero attached hydrogens (tertiary/aromatic N) is 1. The normalized spacial score (nSPS) is 10.2. The van der Waals surface area contributed by atoms with Gasteiger partial charge in [-0.15, -0.1) is 0 Å².